The van der Waals surface area contributed by atoms with E-state index in [0.29, 0.717) is 12.5 Å². The predicted octanol–water partition coefficient (Wildman–Crippen LogP) is 3.76. The second-order valence-corrected chi connectivity index (χ2v) is 4.81. The molecule has 21 heavy (non-hydrogen) atoms. The third-order valence-corrected chi connectivity index (χ3v) is 3.29. The predicted molar refractivity (Wildman–Crippen MR) is 70.8 cm³/mol. The molecular weight excluding hydrogens is 285 g/mol. The highest BCUT2D eigenvalue weighted by atomic mass is 19.4. The summed E-state index contributed by atoms with van der Waals surface area (Å²) in [5.41, 5.74) is -2.75. The van der Waals surface area contributed by atoms with E-state index in [4.69, 9.17) is 5.11 Å². The Morgan fingerprint density at radius 3 is 2.33 bits per heavy atom. The van der Waals surface area contributed by atoms with Crippen molar-refractivity contribution in [3.8, 4) is 0 Å². The van der Waals surface area contributed by atoms with Gasteiger partial charge in [0.05, 0.1) is 6.61 Å². The summed E-state index contributed by atoms with van der Waals surface area (Å²) in [5.74, 6) is -2.06. The number of alkyl halides is 3. The van der Waals surface area contributed by atoms with Crippen molar-refractivity contribution in [3.05, 3.63) is 48.0 Å². The molecule has 0 aliphatic rings. The van der Waals surface area contributed by atoms with Gasteiger partial charge >= 0.3 is 12.1 Å². The number of benzene rings is 2. The van der Waals surface area contributed by atoms with Gasteiger partial charge in [-0.05, 0) is 29.3 Å². The molecule has 112 valence electrons. The second-order valence-electron chi connectivity index (χ2n) is 4.81. The molecule has 1 atom stereocenters. The Bertz CT molecular complexity index is 667. The minimum atomic E-state index is -4.99. The highest BCUT2D eigenvalue weighted by Gasteiger charge is 2.58. The van der Waals surface area contributed by atoms with Gasteiger partial charge in [0.15, 0.2) is 0 Å². The van der Waals surface area contributed by atoms with Crippen molar-refractivity contribution in [3.63, 3.8) is 0 Å². The molecule has 0 heterocycles. The lowest BCUT2D eigenvalue weighted by molar-refractivity contribution is -0.272. The fourth-order valence-corrected chi connectivity index (χ4v) is 1.82. The molecule has 0 spiro atoms. The van der Waals surface area contributed by atoms with Crippen LogP contribution in [0.5, 0.6) is 0 Å². The van der Waals surface area contributed by atoms with E-state index >= 15 is 0 Å². The highest BCUT2D eigenvalue weighted by Crippen LogP contribution is 2.34. The van der Waals surface area contributed by atoms with Crippen LogP contribution in [-0.2, 0) is 16.1 Å². The molecule has 0 saturated carbocycles. The van der Waals surface area contributed by atoms with Crippen LogP contribution in [-0.4, -0.2) is 22.9 Å². The van der Waals surface area contributed by atoms with Crippen molar-refractivity contribution in [2.45, 2.75) is 25.3 Å². The monoisotopic (exact) mass is 298 g/mol. The Morgan fingerprint density at radius 2 is 1.76 bits per heavy atom. The van der Waals surface area contributed by atoms with Crippen LogP contribution in [0.1, 0.15) is 12.5 Å². The maximum absolute atomic E-state index is 12.8. The SMILES string of the molecule is CC(OCc1ccc2ccccc2c1)(C(=O)O)C(F)(F)F. The zero-order chi connectivity index (χ0) is 15.7. The standard InChI is InChI=1S/C15H13F3O3/c1-14(13(19)20,15(16,17)18)21-9-10-6-7-11-4-2-3-5-12(11)8-10/h2-8H,9H2,1H3,(H,19,20). The number of carboxylic acids is 1. The maximum Gasteiger partial charge on any atom is 0.428 e. The van der Waals surface area contributed by atoms with E-state index < -0.39 is 24.4 Å². The summed E-state index contributed by atoms with van der Waals surface area (Å²) in [7, 11) is 0. The lowest BCUT2D eigenvalue weighted by atomic mass is 10.1. The molecule has 1 N–H and O–H groups in total. The first-order chi connectivity index (χ1) is 9.74. The summed E-state index contributed by atoms with van der Waals surface area (Å²) < 4.78 is 43.1. The topological polar surface area (TPSA) is 46.5 Å². The zero-order valence-electron chi connectivity index (χ0n) is 11.1. The van der Waals surface area contributed by atoms with E-state index in [-0.39, 0.29) is 0 Å². The fraction of sp³-hybridized carbons (Fsp3) is 0.267. The average Bonchev–Trinajstić information content (AvgIpc) is 2.43. The molecule has 0 aromatic heterocycles. The van der Waals surface area contributed by atoms with E-state index in [1.165, 1.54) is 0 Å². The van der Waals surface area contributed by atoms with Crippen LogP contribution in [0.25, 0.3) is 10.8 Å². The number of carboxylic acid groups (broad SMARTS) is 1. The molecule has 0 amide bonds. The highest BCUT2D eigenvalue weighted by molar-refractivity contribution is 5.83. The largest absolute Gasteiger partial charge is 0.479 e. The van der Waals surface area contributed by atoms with Gasteiger partial charge in [-0.15, -0.1) is 0 Å². The Balaban J connectivity index is 2.22. The van der Waals surface area contributed by atoms with Crippen molar-refractivity contribution < 1.29 is 27.8 Å². The van der Waals surface area contributed by atoms with Gasteiger partial charge in [0.2, 0.25) is 0 Å². The molecule has 3 nitrogen and oxygen atoms in total. The summed E-state index contributed by atoms with van der Waals surface area (Å²) in [4.78, 5) is 10.9. The van der Waals surface area contributed by atoms with Gasteiger partial charge < -0.3 is 9.84 Å². The number of ether oxygens (including phenoxy) is 1. The summed E-state index contributed by atoms with van der Waals surface area (Å²) in [5, 5.41) is 10.6. The van der Waals surface area contributed by atoms with Crippen LogP contribution >= 0.6 is 0 Å². The molecule has 6 heteroatoms. The number of hydrogen-bond acceptors (Lipinski definition) is 2. The Morgan fingerprint density at radius 1 is 1.14 bits per heavy atom. The van der Waals surface area contributed by atoms with Crippen LogP contribution < -0.4 is 0 Å². The van der Waals surface area contributed by atoms with E-state index in [9.17, 15) is 18.0 Å². The number of rotatable bonds is 4. The maximum atomic E-state index is 12.8. The average molecular weight is 298 g/mol. The molecule has 0 bridgehead atoms. The fourth-order valence-electron chi connectivity index (χ4n) is 1.82. The molecule has 2 aromatic carbocycles. The van der Waals surface area contributed by atoms with Gasteiger partial charge in [-0.25, -0.2) is 4.79 Å². The Hall–Kier alpha value is -2.08. The number of carbonyl (C=O) groups is 1. The van der Waals surface area contributed by atoms with Gasteiger partial charge in [-0.1, -0.05) is 36.4 Å². The minimum Gasteiger partial charge on any atom is -0.479 e. The van der Waals surface area contributed by atoms with Crippen LogP contribution in [0.3, 0.4) is 0 Å². The summed E-state index contributed by atoms with van der Waals surface area (Å²) >= 11 is 0. The van der Waals surface area contributed by atoms with Crippen LogP contribution in [0.15, 0.2) is 42.5 Å². The van der Waals surface area contributed by atoms with Crippen molar-refractivity contribution in [2.75, 3.05) is 0 Å². The third kappa shape index (κ3) is 3.00. The van der Waals surface area contributed by atoms with Crippen LogP contribution in [0.2, 0.25) is 0 Å². The molecule has 2 rings (SSSR count). The molecule has 0 aliphatic heterocycles. The smallest absolute Gasteiger partial charge is 0.428 e. The number of halogens is 3. The first-order valence-corrected chi connectivity index (χ1v) is 6.16. The molecule has 1 unspecified atom stereocenters. The van der Waals surface area contributed by atoms with E-state index in [1.54, 1.807) is 18.2 Å². The molecule has 0 fully saturated rings. The normalized spacial score (nSPS) is 14.9. The van der Waals surface area contributed by atoms with E-state index in [1.807, 2.05) is 24.3 Å². The number of aliphatic carboxylic acids is 1. The van der Waals surface area contributed by atoms with Crippen molar-refractivity contribution in [2.24, 2.45) is 0 Å². The van der Waals surface area contributed by atoms with Crippen LogP contribution in [0, 0.1) is 0 Å². The third-order valence-electron chi connectivity index (χ3n) is 3.29. The number of fused-ring (bicyclic) bond motifs is 1. The van der Waals surface area contributed by atoms with Crippen LogP contribution in [0.4, 0.5) is 13.2 Å². The van der Waals surface area contributed by atoms with Crippen molar-refractivity contribution >= 4 is 16.7 Å². The van der Waals surface area contributed by atoms with Gasteiger partial charge in [0, 0.05) is 0 Å². The summed E-state index contributed by atoms with van der Waals surface area (Å²) in [6, 6.07) is 12.4. The first kappa shape index (κ1) is 15.3. The molecule has 0 radical (unpaired) electrons. The van der Waals surface area contributed by atoms with Crippen molar-refractivity contribution in [1.29, 1.82) is 0 Å². The minimum absolute atomic E-state index is 0.437. The summed E-state index contributed by atoms with van der Waals surface area (Å²) in [6.45, 7) is 0.0729. The van der Waals surface area contributed by atoms with E-state index in [0.717, 1.165) is 10.8 Å². The molecule has 0 aliphatic carbocycles. The summed E-state index contributed by atoms with van der Waals surface area (Å²) in [6.07, 6.45) is -4.99. The second kappa shape index (κ2) is 5.37. The zero-order valence-corrected chi connectivity index (χ0v) is 11.1. The Kier molecular flexibility index (Phi) is 3.91. The van der Waals surface area contributed by atoms with Gasteiger partial charge in [0.1, 0.15) is 0 Å². The Labute approximate surface area is 119 Å². The molecule has 0 saturated heterocycles. The van der Waals surface area contributed by atoms with Gasteiger partial charge in [-0.3, -0.25) is 0 Å². The molecular formula is C15H13F3O3. The molecule has 2 aromatic rings. The van der Waals surface area contributed by atoms with E-state index in [2.05, 4.69) is 4.74 Å². The number of hydrogen-bond donors (Lipinski definition) is 1. The van der Waals surface area contributed by atoms with Gasteiger partial charge in [-0.2, -0.15) is 13.2 Å². The van der Waals surface area contributed by atoms with Crippen molar-refractivity contribution in [1.82, 2.24) is 0 Å². The lowest BCUT2D eigenvalue weighted by Crippen LogP contribution is -2.51. The first-order valence-electron chi connectivity index (χ1n) is 6.16. The lowest BCUT2D eigenvalue weighted by Gasteiger charge is -2.27. The quantitative estimate of drug-likeness (QED) is 0.934. The van der Waals surface area contributed by atoms with Gasteiger partial charge in [0.25, 0.3) is 5.60 Å².